The van der Waals surface area contributed by atoms with Gasteiger partial charge in [-0.15, -0.1) is 10.6 Å². The van der Waals surface area contributed by atoms with Crippen LogP contribution >= 0.6 is 0 Å². The molecule has 0 bridgehead atoms. The number of carboxylic acids is 1. The van der Waals surface area contributed by atoms with Gasteiger partial charge in [0.1, 0.15) is 8.07 Å². The van der Waals surface area contributed by atoms with Gasteiger partial charge in [-0.25, -0.2) is 9.48 Å². The van der Waals surface area contributed by atoms with Gasteiger partial charge in [0.2, 0.25) is 0 Å². The molecule has 0 aliphatic carbocycles. The Morgan fingerprint density at radius 2 is 1.64 bits per heavy atom. The van der Waals surface area contributed by atoms with Crippen LogP contribution in [0, 0.1) is 11.5 Å². The second kappa shape index (κ2) is 9.20. The summed E-state index contributed by atoms with van der Waals surface area (Å²) in [5, 5.41) is 17.9. The normalized spacial score (nSPS) is 12.9. The zero-order valence-electron chi connectivity index (χ0n) is 17.7. The van der Waals surface area contributed by atoms with E-state index in [2.05, 4.69) is 63.3 Å². The Bertz CT molecular complexity index is 826. The largest absolute Gasteiger partial charge is 0.480 e. The molecule has 0 aliphatic heterocycles. The van der Waals surface area contributed by atoms with Crippen LogP contribution in [0.1, 0.15) is 58.8 Å². The minimum atomic E-state index is -1.87. The number of nitrogens with zero attached hydrogens (tertiary/aromatic N) is 3. The molecule has 5 nitrogen and oxygen atoms in total. The predicted octanol–water partition coefficient (Wildman–Crippen LogP) is 4.72. The molecule has 0 amide bonds. The third-order valence-corrected chi connectivity index (χ3v) is 11.9. The van der Waals surface area contributed by atoms with Crippen LogP contribution in [0.2, 0.25) is 16.6 Å². The van der Waals surface area contributed by atoms with Crippen molar-refractivity contribution in [3.8, 4) is 11.5 Å². The molecule has 0 saturated carbocycles. The number of carbonyl (C=O) groups is 1. The van der Waals surface area contributed by atoms with Crippen molar-refractivity contribution in [3.05, 3.63) is 47.8 Å². The molecule has 1 aromatic carbocycles. The highest BCUT2D eigenvalue weighted by atomic mass is 28.3. The molecule has 1 atom stereocenters. The highest BCUT2D eigenvalue weighted by molar-refractivity contribution is 6.90. The Hall–Kier alpha value is -2.39. The molecule has 0 spiro atoms. The van der Waals surface area contributed by atoms with Gasteiger partial charge in [0.25, 0.3) is 0 Å². The number of rotatable bonds is 7. The fourth-order valence-corrected chi connectivity index (χ4v) is 9.43. The topological polar surface area (TPSA) is 68.0 Å². The van der Waals surface area contributed by atoms with Crippen molar-refractivity contribution >= 4 is 14.0 Å². The van der Waals surface area contributed by atoms with E-state index in [1.54, 1.807) is 6.20 Å². The van der Waals surface area contributed by atoms with E-state index in [0.717, 1.165) is 5.56 Å². The minimum absolute atomic E-state index is 0.356. The third kappa shape index (κ3) is 4.71. The average Bonchev–Trinajstić information content (AvgIpc) is 3.08. The molecule has 0 radical (unpaired) electrons. The number of hydrogen-bond acceptors (Lipinski definition) is 3. The van der Waals surface area contributed by atoms with Crippen molar-refractivity contribution in [2.75, 3.05) is 0 Å². The molecule has 2 aromatic rings. The average molecular weight is 398 g/mol. The SMILES string of the molecule is CC(C)[Si](C#Cc1cn([C@@H](Cc2ccccc2)C(=O)O)nn1)(C(C)C)C(C)C. The van der Waals surface area contributed by atoms with Crippen molar-refractivity contribution < 1.29 is 9.90 Å². The van der Waals surface area contributed by atoms with Crippen LogP contribution in [-0.2, 0) is 11.2 Å². The monoisotopic (exact) mass is 397 g/mol. The summed E-state index contributed by atoms with van der Waals surface area (Å²) in [5.41, 5.74) is 6.68. The number of hydrogen-bond donors (Lipinski definition) is 1. The van der Waals surface area contributed by atoms with Gasteiger partial charge in [-0.1, -0.05) is 83.0 Å². The standard InChI is InChI=1S/C22H31N3O2Si/c1-16(2)28(17(3)4,18(5)6)13-12-20-15-25(24-23-20)21(22(26)27)14-19-10-8-7-9-11-19/h7-11,15-18,21H,14H2,1-6H3,(H,26,27)/t21-/m0/s1. The second-order valence-electron chi connectivity index (χ2n) is 8.27. The molecule has 1 heterocycles. The maximum Gasteiger partial charge on any atom is 0.328 e. The molecule has 28 heavy (non-hydrogen) atoms. The lowest BCUT2D eigenvalue weighted by Gasteiger charge is -2.37. The van der Waals surface area contributed by atoms with Crippen LogP contribution in [0.15, 0.2) is 36.5 Å². The lowest BCUT2D eigenvalue weighted by Crippen LogP contribution is -2.43. The van der Waals surface area contributed by atoms with Crippen molar-refractivity contribution in [1.82, 2.24) is 15.0 Å². The van der Waals surface area contributed by atoms with Gasteiger partial charge in [0, 0.05) is 6.42 Å². The summed E-state index contributed by atoms with van der Waals surface area (Å²) in [7, 11) is -1.87. The maximum absolute atomic E-state index is 11.8. The third-order valence-electron chi connectivity index (χ3n) is 5.66. The van der Waals surface area contributed by atoms with Gasteiger partial charge in [0.05, 0.1) is 6.20 Å². The van der Waals surface area contributed by atoms with Crippen LogP contribution in [0.4, 0.5) is 0 Å². The maximum atomic E-state index is 11.8. The van der Waals surface area contributed by atoms with E-state index >= 15 is 0 Å². The number of aromatic nitrogens is 3. The summed E-state index contributed by atoms with van der Waals surface area (Å²) in [4.78, 5) is 11.8. The van der Waals surface area contributed by atoms with Crippen LogP contribution in [0.25, 0.3) is 0 Å². The van der Waals surface area contributed by atoms with Crippen molar-refractivity contribution in [3.63, 3.8) is 0 Å². The van der Waals surface area contributed by atoms with Crippen molar-refractivity contribution in [1.29, 1.82) is 0 Å². The molecular formula is C22H31N3O2Si. The molecule has 0 aliphatic rings. The van der Waals surface area contributed by atoms with Crippen molar-refractivity contribution in [2.45, 2.75) is 70.6 Å². The van der Waals surface area contributed by atoms with E-state index in [9.17, 15) is 9.90 Å². The summed E-state index contributed by atoms with van der Waals surface area (Å²) in [6.07, 6.45) is 2.02. The number of aliphatic carboxylic acids is 1. The van der Waals surface area contributed by atoms with Crippen LogP contribution in [0.3, 0.4) is 0 Å². The Labute approximate surface area is 169 Å². The molecule has 6 heteroatoms. The number of carboxylic acid groups (broad SMARTS) is 1. The second-order valence-corrected chi connectivity index (χ2v) is 13.9. The van der Waals surface area contributed by atoms with E-state index in [0.29, 0.717) is 28.7 Å². The number of benzene rings is 1. The van der Waals surface area contributed by atoms with E-state index < -0.39 is 20.1 Å². The highest BCUT2D eigenvalue weighted by Crippen LogP contribution is 2.40. The first-order chi connectivity index (χ1) is 13.2. The zero-order valence-corrected chi connectivity index (χ0v) is 18.7. The van der Waals surface area contributed by atoms with Gasteiger partial charge < -0.3 is 5.11 Å². The molecule has 1 N–H and O–H groups in total. The van der Waals surface area contributed by atoms with E-state index in [1.165, 1.54) is 4.68 Å². The van der Waals surface area contributed by atoms with Crippen LogP contribution in [0.5, 0.6) is 0 Å². The Morgan fingerprint density at radius 1 is 1.07 bits per heavy atom. The summed E-state index contributed by atoms with van der Waals surface area (Å²) in [5.74, 6) is 2.30. The Morgan fingerprint density at radius 3 is 2.14 bits per heavy atom. The lowest BCUT2D eigenvalue weighted by atomic mass is 10.1. The predicted molar refractivity (Wildman–Crippen MR) is 115 cm³/mol. The summed E-state index contributed by atoms with van der Waals surface area (Å²) in [6.45, 7) is 13.6. The molecule has 150 valence electrons. The smallest absolute Gasteiger partial charge is 0.328 e. The lowest BCUT2D eigenvalue weighted by molar-refractivity contribution is -0.141. The molecule has 0 fully saturated rings. The Kier molecular flexibility index (Phi) is 7.20. The summed E-state index contributed by atoms with van der Waals surface area (Å²) >= 11 is 0. The fraction of sp³-hybridized carbons (Fsp3) is 0.500. The molecule has 0 saturated heterocycles. The van der Waals surface area contributed by atoms with Gasteiger partial charge in [-0.2, -0.15) is 0 Å². The molecule has 2 rings (SSSR count). The Balaban J connectivity index is 2.32. The summed E-state index contributed by atoms with van der Waals surface area (Å²) < 4.78 is 1.42. The quantitative estimate of drug-likeness (QED) is 0.542. The first-order valence-corrected chi connectivity index (χ1v) is 12.1. The zero-order chi connectivity index (χ0) is 20.9. The fourth-order valence-electron chi connectivity index (χ4n) is 4.22. The van der Waals surface area contributed by atoms with Crippen molar-refractivity contribution in [2.24, 2.45) is 0 Å². The molecule has 0 unspecified atom stereocenters. The molecule has 1 aromatic heterocycles. The van der Waals surface area contributed by atoms with E-state index in [4.69, 9.17) is 0 Å². The first-order valence-electron chi connectivity index (χ1n) is 9.90. The minimum Gasteiger partial charge on any atom is -0.480 e. The van der Waals surface area contributed by atoms with Crippen LogP contribution in [-0.4, -0.2) is 34.1 Å². The first kappa shape index (κ1) is 21.9. The van der Waals surface area contributed by atoms with E-state index in [1.807, 2.05) is 30.3 Å². The van der Waals surface area contributed by atoms with E-state index in [-0.39, 0.29) is 0 Å². The molecular weight excluding hydrogens is 366 g/mol. The van der Waals surface area contributed by atoms with Gasteiger partial charge in [-0.3, -0.25) is 0 Å². The van der Waals surface area contributed by atoms with Gasteiger partial charge >= 0.3 is 5.97 Å². The van der Waals surface area contributed by atoms with Gasteiger partial charge in [-0.05, 0) is 22.2 Å². The highest BCUT2D eigenvalue weighted by Gasteiger charge is 2.41. The summed E-state index contributed by atoms with van der Waals surface area (Å²) in [6, 6.07) is 8.76. The van der Waals surface area contributed by atoms with Crippen LogP contribution < -0.4 is 0 Å². The van der Waals surface area contributed by atoms with Gasteiger partial charge in [0.15, 0.2) is 11.7 Å².